The van der Waals surface area contributed by atoms with Crippen molar-refractivity contribution in [3.63, 3.8) is 0 Å². The molecule has 1 aromatic rings. The van der Waals surface area contributed by atoms with Gasteiger partial charge in [0.15, 0.2) is 0 Å². The molecule has 1 heterocycles. The molecular weight excluding hydrogens is 350 g/mol. The highest BCUT2D eigenvalue weighted by Gasteiger charge is 2.20. The minimum Gasteiger partial charge on any atom is -0.391 e. The van der Waals surface area contributed by atoms with E-state index in [1.807, 2.05) is 0 Å². The second kappa shape index (κ2) is 7.73. The van der Waals surface area contributed by atoms with E-state index in [4.69, 9.17) is 5.11 Å². The number of hydrogen-bond donors (Lipinski definition) is 2. The molecule has 19 heavy (non-hydrogen) atoms. The summed E-state index contributed by atoms with van der Waals surface area (Å²) in [6.07, 6.45) is 2.97. The molecule has 0 bridgehead atoms. The summed E-state index contributed by atoms with van der Waals surface area (Å²) >= 11 is 4.46. The van der Waals surface area contributed by atoms with Crippen molar-refractivity contribution in [1.29, 1.82) is 0 Å². The Kier molecular flexibility index (Phi) is 6.96. The maximum atomic E-state index is 12.1. The van der Waals surface area contributed by atoms with Crippen molar-refractivity contribution in [3.05, 3.63) is 14.7 Å². The molecule has 0 aromatic carbocycles. The SMILES string of the molecule is CC(C)CCCCNS(=O)(=O)c1cc(CO)sc1Br. The monoisotopic (exact) mass is 369 g/mol. The molecule has 0 amide bonds. The summed E-state index contributed by atoms with van der Waals surface area (Å²) in [5.74, 6) is 0.648. The van der Waals surface area contributed by atoms with E-state index in [9.17, 15) is 8.42 Å². The summed E-state index contributed by atoms with van der Waals surface area (Å²) in [6.45, 7) is 4.62. The van der Waals surface area contributed by atoms with Gasteiger partial charge in [0.05, 0.1) is 10.4 Å². The van der Waals surface area contributed by atoms with Gasteiger partial charge in [-0.3, -0.25) is 0 Å². The van der Waals surface area contributed by atoms with Crippen LogP contribution in [-0.2, 0) is 16.6 Å². The summed E-state index contributed by atoms with van der Waals surface area (Å²) in [5, 5.41) is 9.01. The fraction of sp³-hybridized carbons (Fsp3) is 0.667. The molecule has 0 unspecified atom stereocenters. The smallest absolute Gasteiger partial charge is 0.242 e. The molecule has 0 radical (unpaired) electrons. The lowest BCUT2D eigenvalue weighted by molar-refractivity contribution is 0.285. The Morgan fingerprint density at radius 3 is 2.63 bits per heavy atom. The van der Waals surface area contributed by atoms with Gasteiger partial charge in [-0.15, -0.1) is 11.3 Å². The Hall–Kier alpha value is 0.0500. The predicted octanol–water partition coefficient (Wildman–Crippen LogP) is 3.11. The molecule has 1 rings (SSSR count). The molecule has 1 aromatic heterocycles. The number of hydrogen-bond acceptors (Lipinski definition) is 4. The van der Waals surface area contributed by atoms with Gasteiger partial charge < -0.3 is 5.11 Å². The van der Waals surface area contributed by atoms with Crippen LogP contribution >= 0.6 is 27.3 Å². The van der Waals surface area contributed by atoms with E-state index in [1.54, 1.807) is 0 Å². The Labute approximate surface area is 127 Å². The second-order valence-electron chi connectivity index (χ2n) is 4.80. The average molecular weight is 370 g/mol. The normalized spacial score (nSPS) is 12.3. The van der Waals surface area contributed by atoms with Crippen molar-refractivity contribution in [2.45, 2.75) is 44.6 Å². The molecule has 110 valence electrons. The van der Waals surface area contributed by atoms with Crippen LogP contribution < -0.4 is 4.72 Å². The first-order chi connectivity index (χ1) is 8.86. The third kappa shape index (κ3) is 5.51. The maximum Gasteiger partial charge on any atom is 0.242 e. The zero-order chi connectivity index (χ0) is 14.5. The minimum absolute atomic E-state index is 0.146. The van der Waals surface area contributed by atoms with Gasteiger partial charge in [-0.25, -0.2) is 13.1 Å². The Bertz CT molecular complexity index is 497. The van der Waals surface area contributed by atoms with Gasteiger partial charge in [-0.1, -0.05) is 26.7 Å². The van der Waals surface area contributed by atoms with Gasteiger partial charge in [0.1, 0.15) is 4.90 Å². The van der Waals surface area contributed by atoms with E-state index >= 15 is 0 Å². The zero-order valence-electron chi connectivity index (χ0n) is 11.1. The Morgan fingerprint density at radius 2 is 2.11 bits per heavy atom. The van der Waals surface area contributed by atoms with Crippen LogP contribution in [0, 0.1) is 5.92 Å². The minimum atomic E-state index is -3.48. The van der Waals surface area contributed by atoms with Gasteiger partial charge in [-0.05, 0) is 34.3 Å². The predicted molar refractivity (Wildman–Crippen MR) is 81.8 cm³/mol. The number of aliphatic hydroxyl groups is 1. The first kappa shape index (κ1) is 17.1. The lowest BCUT2D eigenvalue weighted by Crippen LogP contribution is -2.24. The third-order valence-corrected chi connectivity index (χ3v) is 6.35. The van der Waals surface area contributed by atoms with Crippen molar-refractivity contribution in [3.8, 4) is 0 Å². The molecule has 0 aliphatic heterocycles. The fourth-order valence-electron chi connectivity index (χ4n) is 1.62. The number of halogens is 1. The molecule has 0 fully saturated rings. The van der Waals surface area contributed by atoms with Crippen LogP contribution in [0.15, 0.2) is 14.7 Å². The van der Waals surface area contributed by atoms with Gasteiger partial charge in [-0.2, -0.15) is 0 Å². The topological polar surface area (TPSA) is 66.4 Å². The number of nitrogens with one attached hydrogen (secondary N) is 1. The highest BCUT2D eigenvalue weighted by Crippen LogP contribution is 2.31. The first-order valence-electron chi connectivity index (χ1n) is 6.25. The van der Waals surface area contributed by atoms with E-state index in [2.05, 4.69) is 34.5 Å². The molecule has 0 saturated heterocycles. The molecule has 7 heteroatoms. The van der Waals surface area contributed by atoms with Crippen LogP contribution in [0.1, 0.15) is 38.0 Å². The number of unbranched alkanes of at least 4 members (excludes halogenated alkanes) is 1. The lowest BCUT2D eigenvalue weighted by Gasteiger charge is -2.07. The lowest BCUT2D eigenvalue weighted by atomic mass is 10.1. The standard InChI is InChI=1S/C12H20BrNO3S2/c1-9(2)5-3-4-6-14-19(16,17)11-7-10(8-15)18-12(11)13/h7,9,14-15H,3-6,8H2,1-2H3. The average Bonchev–Trinajstić information content (AvgIpc) is 2.70. The summed E-state index contributed by atoms with van der Waals surface area (Å²) in [4.78, 5) is 0.845. The van der Waals surface area contributed by atoms with E-state index in [0.717, 1.165) is 19.3 Å². The Morgan fingerprint density at radius 1 is 1.42 bits per heavy atom. The zero-order valence-corrected chi connectivity index (χ0v) is 14.4. The molecular formula is C12H20BrNO3S2. The molecule has 4 nitrogen and oxygen atoms in total. The van der Waals surface area contributed by atoms with E-state index in [-0.39, 0.29) is 11.5 Å². The van der Waals surface area contributed by atoms with Gasteiger partial charge >= 0.3 is 0 Å². The van der Waals surface area contributed by atoms with Crippen molar-refractivity contribution in [1.82, 2.24) is 4.72 Å². The largest absolute Gasteiger partial charge is 0.391 e. The number of thiophene rings is 1. The van der Waals surface area contributed by atoms with Crippen LogP contribution in [0.3, 0.4) is 0 Å². The first-order valence-corrected chi connectivity index (χ1v) is 9.35. The quantitative estimate of drug-likeness (QED) is 0.691. The maximum absolute atomic E-state index is 12.1. The fourth-order valence-corrected chi connectivity index (χ4v) is 5.24. The van der Waals surface area contributed by atoms with Crippen molar-refractivity contribution < 1.29 is 13.5 Å². The molecule has 2 N–H and O–H groups in total. The van der Waals surface area contributed by atoms with Crippen LogP contribution in [0.4, 0.5) is 0 Å². The number of rotatable bonds is 8. The molecule has 0 atom stereocenters. The van der Waals surface area contributed by atoms with Crippen molar-refractivity contribution in [2.24, 2.45) is 5.92 Å². The molecule has 0 spiro atoms. The van der Waals surface area contributed by atoms with Crippen molar-refractivity contribution >= 4 is 37.3 Å². The summed E-state index contributed by atoms with van der Waals surface area (Å²) in [5.41, 5.74) is 0. The number of aliphatic hydroxyl groups excluding tert-OH is 1. The van der Waals surface area contributed by atoms with Crippen LogP contribution in [0.2, 0.25) is 0 Å². The van der Waals surface area contributed by atoms with Gasteiger partial charge in [0.2, 0.25) is 10.0 Å². The van der Waals surface area contributed by atoms with E-state index in [1.165, 1.54) is 17.4 Å². The third-order valence-electron chi connectivity index (χ3n) is 2.65. The van der Waals surface area contributed by atoms with Crippen LogP contribution in [0.5, 0.6) is 0 Å². The summed E-state index contributed by atoms with van der Waals surface area (Å²) in [7, 11) is -3.48. The van der Waals surface area contributed by atoms with Crippen LogP contribution in [0.25, 0.3) is 0 Å². The van der Waals surface area contributed by atoms with Gasteiger partial charge in [0, 0.05) is 11.4 Å². The van der Waals surface area contributed by atoms with E-state index < -0.39 is 10.0 Å². The highest BCUT2D eigenvalue weighted by atomic mass is 79.9. The summed E-state index contributed by atoms with van der Waals surface area (Å²) in [6, 6.07) is 1.51. The highest BCUT2D eigenvalue weighted by molar-refractivity contribution is 9.11. The van der Waals surface area contributed by atoms with Gasteiger partial charge in [0.25, 0.3) is 0 Å². The summed E-state index contributed by atoms with van der Waals surface area (Å²) < 4.78 is 27.3. The Balaban J connectivity index is 2.53. The molecule has 0 saturated carbocycles. The van der Waals surface area contributed by atoms with Crippen LogP contribution in [-0.4, -0.2) is 20.1 Å². The molecule has 0 aliphatic rings. The van der Waals surface area contributed by atoms with Crippen molar-refractivity contribution in [2.75, 3.05) is 6.54 Å². The number of sulfonamides is 1. The van der Waals surface area contributed by atoms with E-state index in [0.29, 0.717) is 21.1 Å². The molecule has 0 aliphatic carbocycles. The second-order valence-corrected chi connectivity index (χ2v) is 8.99.